The number of fused-ring (bicyclic) bond motifs is 3. The smallest absolute Gasteiger partial charge is 0.0473 e. The Bertz CT molecular complexity index is 3360. The van der Waals surface area contributed by atoms with E-state index in [1.165, 1.54) is 89.0 Å². The maximum absolute atomic E-state index is 3.13. The lowest BCUT2D eigenvalue weighted by atomic mass is 9.87. The molecule has 0 unspecified atom stereocenters. The van der Waals surface area contributed by atoms with Crippen molar-refractivity contribution in [3.63, 3.8) is 0 Å². The molecule has 1 nitrogen and oxygen atoms in total. The average Bonchev–Trinajstić information content (AvgIpc) is 3.75. The molecule has 9 aromatic rings. The van der Waals surface area contributed by atoms with E-state index < -0.39 is 0 Å². The Morgan fingerprint density at radius 3 is 1.50 bits per heavy atom. The zero-order valence-corrected chi connectivity index (χ0v) is 36.0. The van der Waals surface area contributed by atoms with Crippen molar-refractivity contribution in [3.8, 4) is 66.8 Å². The molecule has 1 heteroatoms. The van der Waals surface area contributed by atoms with E-state index in [0.717, 1.165) is 34.6 Å². The fourth-order valence-corrected chi connectivity index (χ4v) is 9.79. The van der Waals surface area contributed by atoms with Crippen LogP contribution in [-0.2, 0) is 6.42 Å². The molecule has 11 rings (SSSR count). The molecule has 0 N–H and O–H groups in total. The van der Waals surface area contributed by atoms with Crippen molar-refractivity contribution in [2.45, 2.75) is 20.3 Å². The van der Waals surface area contributed by atoms with Crippen molar-refractivity contribution in [1.29, 1.82) is 0 Å². The summed E-state index contributed by atoms with van der Waals surface area (Å²) in [6.45, 7) is 4.55. The first-order valence-electron chi connectivity index (χ1n) is 22.1. The molecule has 0 bridgehead atoms. The summed E-state index contributed by atoms with van der Waals surface area (Å²) in [5, 5.41) is 0. The summed E-state index contributed by atoms with van der Waals surface area (Å²) < 4.78 is 0. The van der Waals surface area contributed by atoms with Crippen LogP contribution in [0.1, 0.15) is 27.8 Å². The van der Waals surface area contributed by atoms with Crippen molar-refractivity contribution in [3.05, 3.63) is 264 Å². The highest BCUT2D eigenvalue weighted by Crippen LogP contribution is 2.46. The van der Waals surface area contributed by atoms with Crippen LogP contribution in [-0.4, -0.2) is 0 Å². The molecule has 9 aromatic carbocycles. The molecule has 0 aliphatic heterocycles. The van der Waals surface area contributed by atoms with E-state index in [0.29, 0.717) is 0 Å². The van der Waals surface area contributed by atoms with Gasteiger partial charge in [-0.05, 0) is 181 Å². The number of benzene rings is 9. The fraction of sp³-hybridized carbons (Fsp3) is 0.0476. The van der Waals surface area contributed by atoms with E-state index >= 15 is 0 Å². The zero-order valence-electron chi connectivity index (χ0n) is 36.0. The SMILES string of the molecule is Cc1c(-c2ccccc2)cccc1-c1cccc(-c2cc(-c3cccc4c3Cc3ccccc3-4)cc(N(c3ccc(C4=CC=C=C=C4)cc3)c3ccc(-c4ccccc4)cc3)c2)c1C. The summed E-state index contributed by atoms with van der Waals surface area (Å²) in [5.74, 6) is 0. The normalized spacial score (nSPS) is 12.2. The van der Waals surface area contributed by atoms with Crippen LogP contribution >= 0.6 is 0 Å². The van der Waals surface area contributed by atoms with Crippen LogP contribution in [0.4, 0.5) is 17.1 Å². The largest absolute Gasteiger partial charge is 0.310 e. The summed E-state index contributed by atoms with van der Waals surface area (Å²) in [7, 11) is 0. The monoisotopic (exact) mass is 815 g/mol. The summed E-state index contributed by atoms with van der Waals surface area (Å²) in [6, 6.07) is 75.7. The second-order valence-corrected chi connectivity index (χ2v) is 16.8. The molecule has 64 heavy (non-hydrogen) atoms. The lowest BCUT2D eigenvalue weighted by Gasteiger charge is -2.28. The van der Waals surface area contributed by atoms with Crippen molar-refractivity contribution >= 4 is 22.6 Å². The highest BCUT2D eigenvalue weighted by molar-refractivity contribution is 5.92. The molecule has 2 aliphatic rings. The third kappa shape index (κ3) is 7.16. The molecule has 0 saturated carbocycles. The topological polar surface area (TPSA) is 3.24 Å². The minimum Gasteiger partial charge on any atom is -0.310 e. The lowest BCUT2D eigenvalue weighted by molar-refractivity contribution is 1.26. The number of nitrogens with zero attached hydrogens (tertiary/aromatic N) is 1. The maximum atomic E-state index is 3.13. The van der Waals surface area contributed by atoms with Gasteiger partial charge in [0.05, 0.1) is 0 Å². The van der Waals surface area contributed by atoms with E-state index in [1.807, 2.05) is 12.2 Å². The third-order valence-electron chi connectivity index (χ3n) is 13.0. The molecular weight excluding hydrogens is 771 g/mol. The maximum Gasteiger partial charge on any atom is 0.0473 e. The van der Waals surface area contributed by atoms with Gasteiger partial charge in [0.1, 0.15) is 0 Å². The van der Waals surface area contributed by atoms with Crippen LogP contribution in [0.3, 0.4) is 0 Å². The Hall–Kier alpha value is -8.18. The minimum absolute atomic E-state index is 0.910. The quantitative estimate of drug-likeness (QED) is 0.131. The summed E-state index contributed by atoms with van der Waals surface area (Å²) in [4.78, 5) is 2.42. The molecule has 0 aromatic heterocycles. The van der Waals surface area contributed by atoms with Crippen LogP contribution in [0.15, 0.2) is 236 Å². The van der Waals surface area contributed by atoms with Gasteiger partial charge in [-0.3, -0.25) is 0 Å². The number of hydrogen-bond acceptors (Lipinski definition) is 1. The molecule has 0 spiro atoms. The van der Waals surface area contributed by atoms with Crippen LogP contribution in [0, 0.1) is 13.8 Å². The molecule has 0 saturated heterocycles. The highest BCUT2D eigenvalue weighted by atomic mass is 15.1. The molecule has 0 heterocycles. The minimum atomic E-state index is 0.910. The number of anilines is 3. The van der Waals surface area contributed by atoms with E-state index in [9.17, 15) is 0 Å². The van der Waals surface area contributed by atoms with Gasteiger partial charge < -0.3 is 4.90 Å². The van der Waals surface area contributed by atoms with Crippen LogP contribution < -0.4 is 4.90 Å². The number of hydrogen-bond donors (Lipinski definition) is 0. The van der Waals surface area contributed by atoms with E-state index in [-0.39, 0.29) is 0 Å². The zero-order chi connectivity index (χ0) is 43.0. The van der Waals surface area contributed by atoms with Gasteiger partial charge in [-0.25, -0.2) is 0 Å². The Balaban J connectivity index is 1.11. The number of allylic oxidation sites excluding steroid dienone is 4. The molecule has 0 amide bonds. The predicted molar refractivity (Wildman–Crippen MR) is 270 cm³/mol. The van der Waals surface area contributed by atoms with Gasteiger partial charge in [0, 0.05) is 17.1 Å². The van der Waals surface area contributed by atoms with Crippen LogP contribution in [0.25, 0.3) is 72.3 Å². The Morgan fingerprint density at radius 2 is 0.859 bits per heavy atom. The third-order valence-corrected chi connectivity index (χ3v) is 13.0. The van der Waals surface area contributed by atoms with Gasteiger partial charge in [0.2, 0.25) is 0 Å². The molecule has 0 atom stereocenters. The van der Waals surface area contributed by atoms with E-state index in [1.54, 1.807) is 0 Å². The van der Waals surface area contributed by atoms with Crippen molar-refractivity contribution < 1.29 is 0 Å². The van der Waals surface area contributed by atoms with E-state index in [2.05, 4.69) is 243 Å². The van der Waals surface area contributed by atoms with Crippen molar-refractivity contribution in [2.75, 3.05) is 4.90 Å². The van der Waals surface area contributed by atoms with Gasteiger partial charge >= 0.3 is 0 Å². The predicted octanol–water partition coefficient (Wildman–Crippen LogP) is 16.9. The Morgan fingerprint density at radius 1 is 0.359 bits per heavy atom. The van der Waals surface area contributed by atoms with Gasteiger partial charge in [0.25, 0.3) is 0 Å². The van der Waals surface area contributed by atoms with Gasteiger partial charge in [-0.15, -0.1) is 0 Å². The van der Waals surface area contributed by atoms with Gasteiger partial charge in [-0.1, -0.05) is 175 Å². The summed E-state index contributed by atoms with van der Waals surface area (Å²) >= 11 is 0. The molecule has 0 fully saturated rings. The summed E-state index contributed by atoms with van der Waals surface area (Å²) in [5.41, 5.74) is 31.9. The standard InChI is InChI=1S/C63H45N/c1-43-56(49-21-10-5-11-22-49)25-14-27-58(43)59-28-15-26-57(44(59)2)51-39-52(61-29-16-30-62-60-24-13-12-23-50(60)42-63(61)62)41-55(40-51)64(53-35-31-47(32-36-53)45-17-6-3-7-18-45)54-37-33-48(34-38-54)46-19-8-4-9-20-46/h3,5-8,10-41H,42H2,1-2H3. The van der Waals surface area contributed by atoms with Crippen LogP contribution in [0.2, 0.25) is 0 Å². The first kappa shape index (κ1) is 38.7. The second kappa shape index (κ2) is 16.6. The summed E-state index contributed by atoms with van der Waals surface area (Å²) in [6.07, 6.45) is 6.92. The van der Waals surface area contributed by atoms with Crippen molar-refractivity contribution in [2.24, 2.45) is 0 Å². The van der Waals surface area contributed by atoms with Crippen molar-refractivity contribution in [1.82, 2.24) is 0 Å². The molecule has 2 aliphatic carbocycles. The Kier molecular flexibility index (Phi) is 10.0. The highest BCUT2D eigenvalue weighted by Gasteiger charge is 2.24. The Labute approximate surface area is 376 Å². The van der Waals surface area contributed by atoms with Gasteiger partial charge in [0.15, 0.2) is 0 Å². The van der Waals surface area contributed by atoms with Gasteiger partial charge in [-0.2, -0.15) is 0 Å². The fourth-order valence-electron chi connectivity index (χ4n) is 9.79. The first-order chi connectivity index (χ1) is 31.6. The molecule has 0 radical (unpaired) electrons. The average molecular weight is 816 g/mol. The first-order valence-corrected chi connectivity index (χ1v) is 22.1. The van der Waals surface area contributed by atoms with Crippen LogP contribution in [0.5, 0.6) is 0 Å². The second-order valence-electron chi connectivity index (χ2n) is 16.8. The molecular formula is C63H45N. The number of rotatable bonds is 9. The van der Waals surface area contributed by atoms with E-state index in [4.69, 9.17) is 0 Å². The molecule has 302 valence electrons. The lowest BCUT2D eigenvalue weighted by Crippen LogP contribution is -2.10.